The first-order valence-electron chi connectivity index (χ1n) is 8.60. The number of rotatable bonds is 6. The van der Waals surface area contributed by atoms with Crippen molar-refractivity contribution in [3.8, 4) is 5.75 Å². The molecule has 0 radical (unpaired) electrons. The van der Waals surface area contributed by atoms with Crippen LogP contribution in [0.15, 0.2) is 48.5 Å². The quantitative estimate of drug-likeness (QED) is 0.682. The zero-order valence-electron chi connectivity index (χ0n) is 15.5. The van der Waals surface area contributed by atoms with E-state index >= 15 is 0 Å². The van der Waals surface area contributed by atoms with Gasteiger partial charge in [-0.3, -0.25) is 25.2 Å². The summed E-state index contributed by atoms with van der Waals surface area (Å²) < 4.78 is 5.67. The van der Waals surface area contributed by atoms with Crippen LogP contribution >= 0.6 is 0 Å². The maximum atomic E-state index is 12.3. The molecule has 7 heteroatoms. The Morgan fingerprint density at radius 3 is 2.15 bits per heavy atom. The summed E-state index contributed by atoms with van der Waals surface area (Å²) in [7, 11) is 0. The van der Waals surface area contributed by atoms with Crippen molar-refractivity contribution in [2.75, 3.05) is 5.32 Å². The predicted molar refractivity (Wildman–Crippen MR) is 102 cm³/mol. The largest absolute Gasteiger partial charge is 0.481 e. The Bertz CT molecular complexity index is 801. The van der Waals surface area contributed by atoms with Crippen molar-refractivity contribution < 1.29 is 19.1 Å². The van der Waals surface area contributed by atoms with E-state index in [1.54, 1.807) is 36.4 Å². The average Bonchev–Trinajstić information content (AvgIpc) is 2.65. The summed E-state index contributed by atoms with van der Waals surface area (Å²) >= 11 is 0. The lowest BCUT2D eigenvalue weighted by molar-refractivity contribution is -0.128. The minimum atomic E-state index is -0.727. The van der Waals surface area contributed by atoms with E-state index in [9.17, 15) is 14.4 Å². The summed E-state index contributed by atoms with van der Waals surface area (Å²) in [5.41, 5.74) is 6.76. The van der Waals surface area contributed by atoms with Crippen LogP contribution in [0.3, 0.4) is 0 Å². The van der Waals surface area contributed by atoms with Crippen LogP contribution in [0.5, 0.6) is 5.75 Å². The highest BCUT2D eigenvalue weighted by molar-refractivity contribution is 5.96. The van der Waals surface area contributed by atoms with Crippen molar-refractivity contribution in [3.05, 3.63) is 59.7 Å². The molecule has 3 amide bonds. The van der Waals surface area contributed by atoms with Gasteiger partial charge in [0.25, 0.3) is 11.8 Å². The molecule has 0 fully saturated rings. The molecule has 0 saturated carbocycles. The second kappa shape index (κ2) is 9.38. The highest BCUT2D eigenvalue weighted by Crippen LogP contribution is 2.14. The van der Waals surface area contributed by atoms with Crippen molar-refractivity contribution in [2.45, 2.75) is 33.3 Å². The van der Waals surface area contributed by atoms with Gasteiger partial charge in [0.2, 0.25) is 5.91 Å². The molecule has 2 aromatic rings. The maximum Gasteiger partial charge on any atom is 0.279 e. The van der Waals surface area contributed by atoms with Crippen LogP contribution < -0.4 is 20.9 Å². The molecule has 2 rings (SSSR count). The lowest BCUT2D eigenvalue weighted by Gasteiger charge is -2.17. The molecule has 1 unspecified atom stereocenters. The molecule has 0 aliphatic rings. The molecule has 1 atom stereocenters. The van der Waals surface area contributed by atoms with E-state index in [-0.39, 0.29) is 5.91 Å². The summed E-state index contributed by atoms with van der Waals surface area (Å²) in [6.07, 6.45) is -0.281. The molecule has 0 spiro atoms. The third-order valence-electron chi connectivity index (χ3n) is 3.73. The molecule has 0 heterocycles. The number of hydrogen-bond donors (Lipinski definition) is 3. The van der Waals surface area contributed by atoms with Gasteiger partial charge in [-0.15, -0.1) is 0 Å². The van der Waals surface area contributed by atoms with Crippen LogP contribution in [0.4, 0.5) is 5.69 Å². The SMILES string of the molecule is CCC(Oc1ccc(C)cc1)C(=O)NNC(=O)c1ccc(NC(C)=O)cc1. The number of hydrazine groups is 1. The van der Waals surface area contributed by atoms with Crippen LogP contribution in [-0.4, -0.2) is 23.8 Å². The topological polar surface area (TPSA) is 96.5 Å². The highest BCUT2D eigenvalue weighted by Gasteiger charge is 2.19. The van der Waals surface area contributed by atoms with Crippen molar-refractivity contribution in [1.82, 2.24) is 10.9 Å². The van der Waals surface area contributed by atoms with Gasteiger partial charge < -0.3 is 10.1 Å². The number of aryl methyl sites for hydroxylation is 1. The Morgan fingerprint density at radius 2 is 1.59 bits per heavy atom. The van der Waals surface area contributed by atoms with E-state index in [1.165, 1.54) is 6.92 Å². The van der Waals surface area contributed by atoms with Crippen molar-refractivity contribution in [2.24, 2.45) is 0 Å². The first kappa shape index (κ1) is 20.0. The molecule has 0 saturated heterocycles. The second-order valence-electron chi connectivity index (χ2n) is 6.03. The van der Waals surface area contributed by atoms with Gasteiger partial charge in [-0.25, -0.2) is 0 Å². The monoisotopic (exact) mass is 369 g/mol. The van der Waals surface area contributed by atoms with Crippen LogP contribution in [0.2, 0.25) is 0 Å². The standard InChI is InChI=1S/C20H23N3O4/c1-4-18(27-17-11-5-13(2)6-12-17)20(26)23-22-19(25)15-7-9-16(10-8-15)21-14(3)24/h5-12,18H,4H2,1-3H3,(H,21,24)(H,22,25)(H,23,26). The van der Waals surface area contributed by atoms with Gasteiger partial charge in [-0.2, -0.15) is 0 Å². The lowest BCUT2D eigenvalue weighted by Crippen LogP contribution is -2.47. The van der Waals surface area contributed by atoms with E-state index in [4.69, 9.17) is 4.74 Å². The number of ether oxygens (including phenoxy) is 1. The number of nitrogens with one attached hydrogen (secondary N) is 3. The Balaban J connectivity index is 1.89. The highest BCUT2D eigenvalue weighted by atomic mass is 16.5. The first-order chi connectivity index (χ1) is 12.9. The molecule has 0 aliphatic heterocycles. The molecule has 2 aromatic carbocycles. The van der Waals surface area contributed by atoms with Gasteiger partial charge in [-0.1, -0.05) is 24.6 Å². The molecule has 0 aliphatic carbocycles. The van der Waals surface area contributed by atoms with E-state index in [2.05, 4.69) is 16.2 Å². The van der Waals surface area contributed by atoms with Crippen LogP contribution in [0.25, 0.3) is 0 Å². The molecule has 142 valence electrons. The number of carbonyl (C=O) groups is 3. The smallest absolute Gasteiger partial charge is 0.279 e. The Kier molecular flexibility index (Phi) is 6.93. The fraction of sp³-hybridized carbons (Fsp3) is 0.250. The summed E-state index contributed by atoms with van der Waals surface area (Å²) in [6, 6.07) is 13.7. The van der Waals surface area contributed by atoms with Gasteiger partial charge >= 0.3 is 0 Å². The van der Waals surface area contributed by atoms with Crippen molar-refractivity contribution in [3.63, 3.8) is 0 Å². The van der Waals surface area contributed by atoms with E-state index < -0.39 is 17.9 Å². The van der Waals surface area contributed by atoms with E-state index in [1.807, 2.05) is 26.0 Å². The summed E-state index contributed by atoms with van der Waals surface area (Å²) in [5, 5.41) is 2.61. The van der Waals surface area contributed by atoms with Crippen molar-refractivity contribution in [1.29, 1.82) is 0 Å². The van der Waals surface area contributed by atoms with Gasteiger partial charge in [0.15, 0.2) is 6.10 Å². The van der Waals surface area contributed by atoms with Gasteiger partial charge in [0, 0.05) is 18.2 Å². The fourth-order valence-electron chi connectivity index (χ4n) is 2.28. The van der Waals surface area contributed by atoms with Crippen LogP contribution in [0.1, 0.15) is 36.2 Å². The molecular formula is C20H23N3O4. The second-order valence-corrected chi connectivity index (χ2v) is 6.03. The number of amides is 3. The normalized spacial score (nSPS) is 11.2. The Hall–Kier alpha value is -3.35. The third kappa shape index (κ3) is 6.14. The Morgan fingerprint density at radius 1 is 0.963 bits per heavy atom. The minimum absolute atomic E-state index is 0.196. The average molecular weight is 369 g/mol. The fourth-order valence-corrected chi connectivity index (χ4v) is 2.28. The number of anilines is 1. The zero-order valence-corrected chi connectivity index (χ0v) is 15.5. The van der Waals surface area contributed by atoms with E-state index in [0.717, 1.165) is 5.56 Å². The Labute approximate surface area is 158 Å². The zero-order chi connectivity index (χ0) is 19.8. The lowest BCUT2D eigenvalue weighted by atomic mass is 10.2. The molecule has 7 nitrogen and oxygen atoms in total. The maximum absolute atomic E-state index is 12.3. The van der Waals surface area contributed by atoms with Crippen LogP contribution in [0, 0.1) is 6.92 Å². The van der Waals surface area contributed by atoms with Crippen LogP contribution in [-0.2, 0) is 9.59 Å². The van der Waals surface area contributed by atoms with Gasteiger partial charge in [-0.05, 0) is 49.7 Å². The first-order valence-corrected chi connectivity index (χ1v) is 8.60. The summed E-state index contributed by atoms with van der Waals surface area (Å²) in [5.74, 6) is -0.523. The van der Waals surface area contributed by atoms with E-state index in [0.29, 0.717) is 23.4 Å². The summed E-state index contributed by atoms with van der Waals surface area (Å²) in [6.45, 7) is 5.19. The van der Waals surface area contributed by atoms with Crippen molar-refractivity contribution >= 4 is 23.4 Å². The molecular weight excluding hydrogens is 346 g/mol. The number of carbonyl (C=O) groups excluding carboxylic acids is 3. The summed E-state index contributed by atoms with van der Waals surface area (Å²) in [4.78, 5) is 35.4. The molecule has 3 N–H and O–H groups in total. The van der Waals surface area contributed by atoms with Gasteiger partial charge in [0.05, 0.1) is 0 Å². The minimum Gasteiger partial charge on any atom is -0.481 e. The predicted octanol–water partition coefficient (Wildman–Crippen LogP) is 2.57. The third-order valence-corrected chi connectivity index (χ3v) is 3.73. The molecule has 27 heavy (non-hydrogen) atoms. The number of hydrogen-bond acceptors (Lipinski definition) is 4. The van der Waals surface area contributed by atoms with Gasteiger partial charge in [0.1, 0.15) is 5.75 Å². The molecule has 0 bridgehead atoms. The number of benzene rings is 2. The molecule has 0 aromatic heterocycles.